The van der Waals surface area contributed by atoms with Crippen molar-refractivity contribution in [3.05, 3.63) is 40.9 Å². The first-order valence-corrected chi connectivity index (χ1v) is 5.01. The van der Waals surface area contributed by atoms with Crippen molar-refractivity contribution in [2.45, 2.75) is 0 Å². The van der Waals surface area contributed by atoms with Gasteiger partial charge in [-0.25, -0.2) is 0 Å². The van der Waals surface area contributed by atoms with Crippen molar-refractivity contribution < 1.29 is 4.74 Å². The molecule has 82 valence electrons. The topological polar surface area (TPSA) is 55.2 Å². The summed E-state index contributed by atoms with van der Waals surface area (Å²) in [7, 11) is 1.63. The maximum atomic E-state index is 5.11. The summed E-state index contributed by atoms with van der Waals surface area (Å²) in [6, 6.07) is 7.58. The average Bonchev–Trinajstić information content (AvgIpc) is 2.72. The van der Waals surface area contributed by atoms with Crippen LogP contribution >= 0.6 is 12.2 Å². The largest absolute Gasteiger partial charge is 0.497 e. The fourth-order valence-electron chi connectivity index (χ4n) is 1.18. The first kappa shape index (κ1) is 10.6. The Balaban J connectivity index is 2.24. The second-order valence-electron chi connectivity index (χ2n) is 3.03. The molecule has 5 nitrogen and oxygen atoms in total. The van der Waals surface area contributed by atoms with Gasteiger partial charge in [-0.1, -0.05) is 12.1 Å². The van der Waals surface area contributed by atoms with E-state index in [9.17, 15) is 0 Å². The molecular weight excluding hydrogens is 224 g/mol. The van der Waals surface area contributed by atoms with Crippen molar-refractivity contribution >= 4 is 18.4 Å². The third-order valence-corrected chi connectivity index (χ3v) is 2.24. The van der Waals surface area contributed by atoms with E-state index in [0.29, 0.717) is 4.77 Å². The quantitative estimate of drug-likeness (QED) is 0.651. The molecule has 0 saturated heterocycles. The molecule has 0 aliphatic rings. The van der Waals surface area contributed by atoms with E-state index in [1.807, 2.05) is 24.3 Å². The van der Waals surface area contributed by atoms with Gasteiger partial charge in [0.05, 0.1) is 13.3 Å². The van der Waals surface area contributed by atoms with Crippen LogP contribution in [0.2, 0.25) is 0 Å². The highest BCUT2D eigenvalue weighted by Gasteiger charge is 1.93. The Morgan fingerprint density at radius 3 is 3.12 bits per heavy atom. The van der Waals surface area contributed by atoms with Crippen LogP contribution in [-0.4, -0.2) is 28.2 Å². The van der Waals surface area contributed by atoms with Crippen LogP contribution in [0.4, 0.5) is 0 Å². The fourth-order valence-corrected chi connectivity index (χ4v) is 1.32. The van der Waals surface area contributed by atoms with E-state index in [2.05, 4.69) is 15.3 Å². The summed E-state index contributed by atoms with van der Waals surface area (Å²) < 4.78 is 7.05. The molecule has 6 heteroatoms. The lowest BCUT2D eigenvalue weighted by Crippen LogP contribution is -1.90. The maximum absolute atomic E-state index is 5.11. The Kier molecular flexibility index (Phi) is 3.11. The van der Waals surface area contributed by atoms with Crippen LogP contribution < -0.4 is 4.74 Å². The number of benzene rings is 1. The zero-order chi connectivity index (χ0) is 11.4. The molecule has 0 unspecified atom stereocenters. The van der Waals surface area contributed by atoms with E-state index >= 15 is 0 Å². The predicted molar refractivity (Wildman–Crippen MR) is 63.4 cm³/mol. The molecule has 0 spiro atoms. The van der Waals surface area contributed by atoms with Gasteiger partial charge in [-0.2, -0.15) is 14.9 Å². The third kappa shape index (κ3) is 2.34. The predicted octanol–water partition coefficient (Wildman–Crippen LogP) is 1.83. The minimum atomic E-state index is 0.458. The number of rotatable bonds is 3. The lowest BCUT2D eigenvalue weighted by atomic mass is 10.2. The number of hydrogen-bond donors (Lipinski definition) is 1. The van der Waals surface area contributed by atoms with Crippen LogP contribution in [-0.2, 0) is 0 Å². The molecule has 16 heavy (non-hydrogen) atoms. The second-order valence-corrected chi connectivity index (χ2v) is 3.41. The van der Waals surface area contributed by atoms with E-state index in [-0.39, 0.29) is 0 Å². The molecule has 1 aromatic carbocycles. The van der Waals surface area contributed by atoms with Gasteiger partial charge in [0.25, 0.3) is 0 Å². The Morgan fingerprint density at radius 1 is 1.56 bits per heavy atom. The van der Waals surface area contributed by atoms with Gasteiger partial charge in [0.15, 0.2) is 0 Å². The average molecular weight is 234 g/mol. The molecule has 0 aliphatic carbocycles. The van der Waals surface area contributed by atoms with Gasteiger partial charge < -0.3 is 4.74 Å². The zero-order valence-electron chi connectivity index (χ0n) is 8.62. The highest BCUT2D eigenvalue weighted by Crippen LogP contribution is 2.10. The standard InChI is InChI=1S/C10H10N4OS/c1-15-9-4-2-3-8(5-9)6-12-14-7-11-13-10(14)16/h2-7H,1H3,(H,13,16)/b12-6-. The number of aromatic nitrogens is 3. The van der Waals surface area contributed by atoms with Crippen LogP contribution in [0.25, 0.3) is 0 Å². The Hall–Kier alpha value is -1.95. The highest BCUT2D eigenvalue weighted by molar-refractivity contribution is 7.71. The number of hydrogen-bond acceptors (Lipinski definition) is 4. The Bertz CT molecular complexity index is 558. The van der Waals surface area contributed by atoms with Gasteiger partial charge >= 0.3 is 0 Å². The van der Waals surface area contributed by atoms with Crippen molar-refractivity contribution in [3.8, 4) is 5.75 Å². The van der Waals surface area contributed by atoms with Gasteiger partial charge in [0.1, 0.15) is 12.1 Å². The van der Waals surface area contributed by atoms with Crippen LogP contribution in [0, 0.1) is 4.77 Å². The number of H-pyrrole nitrogens is 1. The fraction of sp³-hybridized carbons (Fsp3) is 0.100. The SMILES string of the molecule is COc1cccc(/C=N\n2cn[nH]c2=S)c1. The number of methoxy groups -OCH3 is 1. The molecule has 2 aromatic rings. The van der Waals surface area contributed by atoms with Crippen LogP contribution in [0.15, 0.2) is 35.7 Å². The monoisotopic (exact) mass is 234 g/mol. The number of nitrogens with one attached hydrogen (secondary N) is 1. The summed E-state index contributed by atoms with van der Waals surface area (Å²) in [5.41, 5.74) is 0.933. The van der Waals surface area contributed by atoms with Crippen molar-refractivity contribution in [3.63, 3.8) is 0 Å². The Morgan fingerprint density at radius 2 is 2.44 bits per heavy atom. The summed E-state index contributed by atoms with van der Waals surface area (Å²) >= 11 is 4.96. The maximum Gasteiger partial charge on any atom is 0.216 e. The van der Waals surface area contributed by atoms with Crippen molar-refractivity contribution in [1.82, 2.24) is 14.9 Å². The molecule has 0 amide bonds. The zero-order valence-corrected chi connectivity index (χ0v) is 9.44. The summed E-state index contributed by atoms with van der Waals surface area (Å²) in [6.07, 6.45) is 3.20. The van der Waals surface area contributed by atoms with E-state index < -0.39 is 0 Å². The summed E-state index contributed by atoms with van der Waals surface area (Å²) in [4.78, 5) is 0. The lowest BCUT2D eigenvalue weighted by Gasteiger charge is -1.99. The molecule has 0 bridgehead atoms. The molecule has 0 atom stereocenters. The van der Waals surface area contributed by atoms with E-state index in [4.69, 9.17) is 17.0 Å². The second kappa shape index (κ2) is 4.71. The van der Waals surface area contributed by atoms with Gasteiger partial charge in [-0.3, -0.25) is 5.10 Å². The summed E-state index contributed by atoms with van der Waals surface area (Å²) in [6.45, 7) is 0. The van der Waals surface area contributed by atoms with Gasteiger partial charge in [-0.05, 0) is 29.9 Å². The van der Waals surface area contributed by atoms with Crippen LogP contribution in [0.5, 0.6) is 5.75 Å². The third-order valence-electron chi connectivity index (χ3n) is 1.96. The van der Waals surface area contributed by atoms with Gasteiger partial charge in [0.2, 0.25) is 4.77 Å². The summed E-state index contributed by atoms with van der Waals surface area (Å²) in [5, 5.41) is 10.5. The normalized spacial score (nSPS) is 10.8. The summed E-state index contributed by atoms with van der Waals surface area (Å²) in [5.74, 6) is 0.791. The molecule has 0 radical (unpaired) electrons. The molecule has 1 aromatic heterocycles. The van der Waals surface area contributed by atoms with Crippen molar-refractivity contribution in [2.24, 2.45) is 5.10 Å². The highest BCUT2D eigenvalue weighted by atomic mass is 32.1. The van der Waals surface area contributed by atoms with Gasteiger partial charge in [-0.15, -0.1) is 0 Å². The molecule has 0 fully saturated rings. The Labute approximate surface area is 97.4 Å². The molecule has 0 saturated carbocycles. The lowest BCUT2D eigenvalue weighted by molar-refractivity contribution is 0.415. The minimum absolute atomic E-state index is 0.458. The minimum Gasteiger partial charge on any atom is -0.497 e. The van der Waals surface area contributed by atoms with E-state index in [1.165, 1.54) is 11.0 Å². The smallest absolute Gasteiger partial charge is 0.216 e. The van der Waals surface area contributed by atoms with Gasteiger partial charge in [0, 0.05) is 0 Å². The molecule has 1 N–H and O–H groups in total. The molecule has 0 aliphatic heterocycles. The molecule has 2 rings (SSSR count). The number of aromatic amines is 1. The molecule has 1 heterocycles. The van der Waals surface area contributed by atoms with Crippen molar-refractivity contribution in [1.29, 1.82) is 0 Å². The van der Waals surface area contributed by atoms with Crippen molar-refractivity contribution in [2.75, 3.05) is 7.11 Å². The van der Waals surface area contributed by atoms with Crippen LogP contribution in [0.1, 0.15) is 5.56 Å². The van der Waals surface area contributed by atoms with E-state index in [0.717, 1.165) is 11.3 Å². The first-order chi connectivity index (χ1) is 7.79. The first-order valence-electron chi connectivity index (χ1n) is 4.60. The van der Waals surface area contributed by atoms with Crippen LogP contribution in [0.3, 0.4) is 0 Å². The molecular formula is C10H10N4OS. The number of ether oxygens (including phenoxy) is 1. The number of nitrogens with zero attached hydrogens (tertiary/aromatic N) is 3. The van der Waals surface area contributed by atoms with E-state index in [1.54, 1.807) is 13.3 Å².